The Labute approximate surface area is 186 Å². The third-order valence-corrected chi connectivity index (χ3v) is 6.44. The molecular weight excluding hydrogens is 408 g/mol. The Hall–Kier alpha value is -3.12. The van der Waals surface area contributed by atoms with Crippen LogP contribution in [0.2, 0.25) is 0 Å². The van der Waals surface area contributed by atoms with Crippen molar-refractivity contribution in [2.75, 3.05) is 19.0 Å². The molecule has 160 valence electrons. The summed E-state index contributed by atoms with van der Waals surface area (Å²) in [5.74, 6) is 0.587. The van der Waals surface area contributed by atoms with Gasteiger partial charge in [-0.3, -0.25) is 9.59 Å². The van der Waals surface area contributed by atoms with Gasteiger partial charge in [0.25, 0.3) is 5.91 Å². The number of thiophene rings is 1. The number of hydrogen-bond donors (Lipinski definition) is 1. The van der Waals surface area contributed by atoms with E-state index in [0.717, 1.165) is 24.2 Å². The average molecular weight is 435 g/mol. The number of likely N-dealkylation sites (tertiary alicyclic amines) is 1. The Balaban J connectivity index is 1.51. The number of hydrogen-bond acceptors (Lipinski definition) is 4. The number of nitrogens with zero attached hydrogens (tertiary/aromatic N) is 1. The summed E-state index contributed by atoms with van der Waals surface area (Å²) in [6.45, 7) is 0.608. The van der Waals surface area contributed by atoms with Gasteiger partial charge in [-0.1, -0.05) is 36.4 Å². The van der Waals surface area contributed by atoms with Crippen molar-refractivity contribution in [2.24, 2.45) is 0 Å². The fraction of sp³-hybridized carbons (Fsp3) is 0.280. The van der Waals surface area contributed by atoms with E-state index in [2.05, 4.69) is 17.4 Å². The van der Waals surface area contributed by atoms with Crippen molar-refractivity contribution < 1.29 is 14.3 Å². The molecule has 0 radical (unpaired) electrons. The third-order valence-electron chi connectivity index (χ3n) is 5.58. The van der Waals surface area contributed by atoms with Crippen molar-refractivity contribution in [3.05, 3.63) is 82.0 Å². The fourth-order valence-electron chi connectivity index (χ4n) is 4.02. The van der Waals surface area contributed by atoms with Crippen molar-refractivity contribution in [3.8, 4) is 5.75 Å². The summed E-state index contributed by atoms with van der Waals surface area (Å²) in [4.78, 5) is 28.4. The maximum Gasteiger partial charge on any atom is 0.264 e. The summed E-state index contributed by atoms with van der Waals surface area (Å²) in [5, 5.41) is 4.92. The van der Waals surface area contributed by atoms with E-state index in [1.165, 1.54) is 16.9 Å². The Kier molecular flexibility index (Phi) is 6.67. The zero-order chi connectivity index (χ0) is 21.6. The van der Waals surface area contributed by atoms with E-state index < -0.39 is 6.04 Å². The van der Waals surface area contributed by atoms with Gasteiger partial charge in [0.05, 0.1) is 12.0 Å². The van der Waals surface area contributed by atoms with Crippen LogP contribution >= 0.6 is 11.3 Å². The molecule has 1 N–H and O–H groups in total. The smallest absolute Gasteiger partial charge is 0.264 e. The van der Waals surface area contributed by atoms with Crippen LogP contribution in [0.3, 0.4) is 0 Å². The molecule has 5 nitrogen and oxygen atoms in total. The number of benzene rings is 2. The van der Waals surface area contributed by atoms with Crippen molar-refractivity contribution in [1.82, 2.24) is 4.90 Å². The number of rotatable bonds is 6. The molecule has 3 aromatic rings. The molecule has 0 aliphatic carbocycles. The van der Waals surface area contributed by atoms with Crippen LogP contribution in [0.5, 0.6) is 5.75 Å². The van der Waals surface area contributed by atoms with Gasteiger partial charge >= 0.3 is 0 Å². The SMILES string of the molecule is COc1ccc(NC(=O)C2CCCCN2C(=O)c2cccs2)cc1Cc1ccccc1. The van der Waals surface area contributed by atoms with Crippen LogP contribution in [0.25, 0.3) is 0 Å². The van der Waals surface area contributed by atoms with E-state index >= 15 is 0 Å². The molecule has 2 heterocycles. The van der Waals surface area contributed by atoms with Crippen LogP contribution in [0.15, 0.2) is 66.0 Å². The van der Waals surface area contributed by atoms with E-state index in [9.17, 15) is 9.59 Å². The van der Waals surface area contributed by atoms with Gasteiger partial charge in [0, 0.05) is 24.2 Å². The Morgan fingerprint density at radius 1 is 1.10 bits per heavy atom. The van der Waals surface area contributed by atoms with Crippen molar-refractivity contribution in [1.29, 1.82) is 0 Å². The molecule has 1 unspecified atom stereocenters. The molecule has 1 atom stereocenters. The monoisotopic (exact) mass is 434 g/mol. The van der Waals surface area contributed by atoms with Crippen LogP contribution in [0.1, 0.15) is 40.1 Å². The van der Waals surface area contributed by atoms with Crippen LogP contribution in [0.4, 0.5) is 5.69 Å². The minimum Gasteiger partial charge on any atom is -0.496 e. The first-order chi connectivity index (χ1) is 15.2. The number of methoxy groups -OCH3 is 1. The summed E-state index contributed by atoms with van der Waals surface area (Å²) in [6.07, 6.45) is 3.24. The highest BCUT2D eigenvalue weighted by atomic mass is 32.1. The molecule has 31 heavy (non-hydrogen) atoms. The second-order valence-electron chi connectivity index (χ2n) is 7.67. The second-order valence-corrected chi connectivity index (χ2v) is 8.61. The molecule has 6 heteroatoms. The van der Waals surface area contributed by atoms with Crippen LogP contribution in [0, 0.1) is 0 Å². The lowest BCUT2D eigenvalue weighted by Gasteiger charge is -2.34. The maximum atomic E-state index is 13.1. The maximum absolute atomic E-state index is 13.1. The lowest BCUT2D eigenvalue weighted by atomic mass is 10.0. The molecule has 4 rings (SSSR count). The van der Waals surface area contributed by atoms with E-state index in [-0.39, 0.29) is 11.8 Å². The van der Waals surface area contributed by atoms with Gasteiger partial charge in [-0.2, -0.15) is 0 Å². The zero-order valence-corrected chi connectivity index (χ0v) is 18.4. The molecule has 0 saturated carbocycles. The summed E-state index contributed by atoms with van der Waals surface area (Å²) < 4.78 is 5.52. The molecule has 0 spiro atoms. The van der Waals surface area contributed by atoms with Crippen molar-refractivity contribution >= 4 is 28.8 Å². The highest BCUT2D eigenvalue weighted by molar-refractivity contribution is 7.12. The minimum absolute atomic E-state index is 0.0608. The second kappa shape index (κ2) is 9.79. The van der Waals surface area contributed by atoms with Crippen molar-refractivity contribution in [2.45, 2.75) is 31.7 Å². The topological polar surface area (TPSA) is 58.6 Å². The quantitative estimate of drug-likeness (QED) is 0.595. The van der Waals surface area contributed by atoms with Gasteiger partial charge in [0.1, 0.15) is 11.8 Å². The lowest BCUT2D eigenvalue weighted by Crippen LogP contribution is -2.49. The Morgan fingerprint density at radius 2 is 1.94 bits per heavy atom. The largest absolute Gasteiger partial charge is 0.496 e. The molecule has 1 aromatic heterocycles. The van der Waals surface area contributed by atoms with Crippen LogP contribution in [-0.2, 0) is 11.2 Å². The summed E-state index contributed by atoms with van der Waals surface area (Å²) in [6, 6.07) is 19.1. The van der Waals surface area contributed by atoms with Crippen LogP contribution < -0.4 is 10.1 Å². The van der Waals surface area contributed by atoms with Gasteiger partial charge < -0.3 is 15.0 Å². The normalized spacial score (nSPS) is 16.0. The molecule has 2 aromatic carbocycles. The molecule has 1 aliphatic rings. The fourth-order valence-corrected chi connectivity index (χ4v) is 4.70. The van der Waals surface area contributed by atoms with E-state index in [4.69, 9.17) is 4.74 Å². The molecule has 0 bridgehead atoms. The zero-order valence-electron chi connectivity index (χ0n) is 17.5. The standard InChI is InChI=1S/C25H26N2O3S/c1-30-22-13-12-20(17-19(22)16-18-8-3-2-4-9-18)26-24(28)21-10-5-6-14-27(21)25(29)23-11-7-15-31-23/h2-4,7-9,11-13,15,17,21H,5-6,10,14,16H2,1H3,(H,26,28). The van der Waals surface area contributed by atoms with Gasteiger partial charge in [-0.05, 0) is 54.5 Å². The Morgan fingerprint density at radius 3 is 2.68 bits per heavy atom. The summed E-state index contributed by atoms with van der Waals surface area (Å²) in [5.41, 5.74) is 2.89. The number of nitrogens with one attached hydrogen (secondary N) is 1. The molecule has 1 fully saturated rings. The minimum atomic E-state index is -0.456. The van der Waals surface area contributed by atoms with E-state index in [0.29, 0.717) is 30.0 Å². The lowest BCUT2D eigenvalue weighted by molar-refractivity contribution is -0.121. The first kappa shape index (κ1) is 21.1. The molecule has 1 saturated heterocycles. The van der Waals surface area contributed by atoms with Gasteiger partial charge in [-0.25, -0.2) is 0 Å². The van der Waals surface area contributed by atoms with Crippen LogP contribution in [-0.4, -0.2) is 36.4 Å². The highest BCUT2D eigenvalue weighted by Gasteiger charge is 2.33. The van der Waals surface area contributed by atoms with Gasteiger partial charge in [0.15, 0.2) is 0 Å². The molecule has 2 amide bonds. The number of piperidine rings is 1. The van der Waals surface area contributed by atoms with Crippen molar-refractivity contribution in [3.63, 3.8) is 0 Å². The van der Waals surface area contributed by atoms with E-state index in [1.54, 1.807) is 12.0 Å². The number of carbonyl (C=O) groups excluding carboxylic acids is 2. The molecular formula is C25H26N2O3S. The first-order valence-corrected chi connectivity index (χ1v) is 11.4. The number of carbonyl (C=O) groups is 2. The predicted molar refractivity (Wildman–Crippen MR) is 124 cm³/mol. The van der Waals surface area contributed by atoms with Gasteiger partial charge in [-0.15, -0.1) is 11.3 Å². The average Bonchev–Trinajstić information content (AvgIpc) is 3.34. The Bertz CT molecular complexity index is 1030. The molecule has 1 aliphatic heterocycles. The summed E-state index contributed by atoms with van der Waals surface area (Å²) >= 11 is 1.41. The number of anilines is 1. The third kappa shape index (κ3) is 4.97. The first-order valence-electron chi connectivity index (χ1n) is 10.5. The van der Waals surface area contributed by atoms with Gasteiger partial charge in [0.2, 0.25) is 5.91 Å². The number of ether oxygens (including phenoxy) is 1. The highest BCUT2D eigenvalue weighted by Crippen LogP contribution is 2.27. The summed E-state index contributed by atoms with van der Waals surface area (Å²) in [7, 11) is 1.65. The number of amides is 2. The van der Waals surface area contributed by atoms with E-state index in [1.807, 2.05) is 53.9 Å². The predicted octanol–water partition coefficient (Wildman–Crippen LogP) is 4.98.